The number of ether oxygens (including phenoxy) is 3. The van der Waals surface area contributed by atoms with Gasteiger partial charge < -0.3 is 33.9 Å². The molecule has 0 saturated carbocycles. The second-order valence-electron chi connectivity index (χ2n) is 19.6. The summed E-state index contributed by atoms with van der Waals surface area (Å²) in [6.07, 6.45) is 3.73. The molecule has 0 atom stereocenters. The molecule has 0 unspecified atom stereocenters. The van der Waals surface area contributed by atoms with E-state index in [2.05, 4.69) is 30.8 Å². The monoisotopic (exact) mass is 1050 g/mol. The Morgan fingerprint density at radius 1 is 0.844 bits per heavy atom. The highest BCUT2D eigenvalue weighted by Crippen LogP contribution is 2.44. The zero-order valence-electron chi connectivity index (χ0n) is 43.2. The Labute approximate surface area is 443 Å². The second kappa shape index (κ2) is 23.4. The number of carbonyl (C=O) groups excluding carboxylic acids is 5. The zero-order chi connectivity index (χ0) is 54.2. The van der Waals surface area contributed by atoms with Crippen molar-refractivity contribution in [3.63, 3.8) is 0 Å². The van der Waals surface area contributed by atoms with Gasteiger partial charge in [0.05, 0.1) is 47.6 Å². The normalized spacial score (nSPS) is 13.2. The van der Waals surface area contributed by atoms with Gasteiger partial charge in [-0.05, 0) is 79.8 Å². The molecule has 1 fully saturated rings. The van der Waals surface area contributed by atoms with Gasteiger partial charge in [0, 0.05) is 81.5 Å². The molecule has 77 heavy (non-hydrogen) atoms. The molecule has 9 rings (SSSR count). The first-order chi connectivity index (χ1) is 37.1. The number of carbonyl (C=O) groups is 5. The average Bonchev–Trinajstić information content (AvgIpc) is 4.06. The number of amides is 5. The highest BCUT2D eigenvalue weighted by Gasteiger charge is 2.32. The van der Waals surface area contributed by atoms with Crippen molar-refractivity contribution in [1.82, 2.24) is 44.7 Å². The first kappa shape index (κ1) is 53.1. The van der Waals surface area contributed by atoms with Crippen molar-refractivity contribution in [3.8, 4) is 22.4 Å². The lowest BCUT2D eigenvalue weighted by Crippen LogP contribution is -2.53. The van der Waals surface area contributed by atoms with Crippen molar-refractivity contribution in [2.45, 2.75) is 52.2 Å². The Hall–Kier alpha value is -8.78. The number of imidazole rings is 1. The first-order valence-corrected chi connectivity index (χ1v) is 25.4. The van der Waals surface area contributed by atoms with Gasteiger partial charge in [0.1, 0.15) is 24.6 Å². The summed E-state index contributed by atoms with van der Waals surface area (Å²) in [7, 11) is 0. The fourth-order valence-corrected chi connectivity index (χ4v) is 9.43. The maximum absolute atomic E-state index is 15.3. The number of hydrogen-bond acceptors (Lipinski definition) is 12. The van der Waals surface area contributed by atoms with Gasteiger partial charge in [-0.15, -0.1) is 0 Å². The highest BCUT2D eigenvalue weighted by molar-refractivity contribution is 6.02. The van der Waals surface area contributed by atoms with Gasteiger partial charge in [0.25, 0.3) is 17.4 Å². The third kappa shape index (κ3) is 12.5. The minimum atomic E-state index is -0.802. The molecule has 2 aliphatic rings. The van der Waals surface area contributed by atoms with E-state index in [-0.39, 0.29) is 106 Å². The number of aryl methyl sites for hydroxylation is 1. The molecule has 19 nitrogen and oxygen atoms in total. The Morgan fingerprint density at radius 2 is 1.53 bits per heavy atom. The molecule has 1 aliphatic carbocycles. The summed E-state index contributed by atoms with van der Waals surface area (Å²) in [4.78, 5) is 93.7. The predicted molar refractivity (Wildman–Crippen MR) is 285 cm³/mol. The predicted octanol–water partition coefficient (Wildman–Crippen LogP) is 7.26. The summed E-state index contributed by atoms with van der Waals surface area (Å²) >= 11 is 0. The summed E-state index contributed by atoms with van der Waals surface area (Å²) < 4.78 is 34.5. The maximum Gasteiger partial charge on any atom is 0.412 e. The van der Waals surface area contributed by atoms with Crippen LogP contribution in [0.2, 0.25) is 0 Å². The van der Waals surface area contributed by atoms with Gasteiger partial charge >= 0.3 is 12.2 Å². The number of H-pyrrole nitrogens is 1. The molecular formula is C57H59FN10O9. The van der Waals surface area contributed by atoms with Crippen LogP contribution in [0.1, 0.15) is 76.8 Å². The fourth-order valence-electron chi connectivity index (χ4n) is 9.43. The first-order valence-electron chi connectivity index (χ1n) is 25.4. The average molecular weight is 1050 g/mol. The zero-order valence-corrected chi connectivity index (χ0v) is 43.2. The van der Waals surface area contributed by atoms with Crippen molar-refractivity contribution in [2.24, 2.45) is 0 Å². The van der Waals surface area contributed by atoms with Crippen LogP contribution in [0.5, 0.6) is 0 Å². The van der Waals surface area contributed by atoms with E-state index < -0.39 is 35.4 Å². The number of fused-ring (bicyclic) bond motifs is 4. The van der Waals surface area contributed by atoms with E-state index in [1.165, 1.54) is 28.1 Å². The number of aromatic amines is 1. The fraction of sp³-hybridized carbons (Fsp3) is 0.316. The molecule has 0 radical (unpaired) electrons. The molecule has 0 bridgehead atoms. The summed E-state index contributed by atoms with van der Waals surface area (Å²) in [5.74, 6) is -2.44. The van der Waals surface area contributed by atoms with Crippen LogP contribution >= 0.6 is 0 Å². The van der Waals surface area contributed by atoms with E-state index in [0.717, 1.165) is 22.3 Å². The summed E-state index contributed by atoms with van der Waals surface area (Å²) in [5.41, 5.74) is 5.32. The molecule has 1 aliphatic heterocycles. The van der Waals surface area contributed by atoms with Gasteiger partial charge in [0.2, 0.25) is 5.91 Å². The third-order valence-corrected chi connectivity index (χ3v) is 13.3. The number of aromatic nitrogens is 5. The molecule has 1 saturated heterocycles. The molecule has 398 valence electrons. The highest BCUT2D eigenvalue weighted by atomic mass is 19.1. The molecule has 20 heteroatoms. The van der Waals surface area contributed by atoms with E-state index in [1.807, 2.05) is 66.2 Å². The van der Waals surface area contributed by atoms with Crippen molar-refractivity contribution in [1.29, 1.82) is 0 Å². The summed E-state index contributed by atoms with van der Waals surface area (Å²) in [6, 6.07) is 28.8. The van der Waals surface area contributed by atoms with Crippen molar-refractivity contribution in [2.75, 3.05) is 71.0 Å². The van der Waals surface area contributed by atoms with E-state index in [9.17, 15) is 28.8 Å². The summed E-state index contributed by atoms with van der Waals surface area (Å²) in [6.45, 7) is 7.95. The number of pyridine rings is 1. The van der Waals surface area contributed by atoms with Gasteiger partial charge in [-0.2, -0.15) is 5.10 Å². The molecule has 3 N–H and O–H groups in total. The van der Waals surface area contributed by atoms with Crippen LogP contribution in [0.3, 0.4) is 0 Å². The maximum atomic E-state index is 15.3. The Morgan fingerprint density at radius 3 is 2.23 bits per heavy atom. The lowest BCUT2D eigenvalue weighted by atomic mass is 9.98. The molecular weight excluding hydrogens is 988 g/mol. The number of anilines is 1. The van der Waals surface area contributed by atoms with E-state index >= 15 is 4.39 Å². The lowest BCUT2D eigenvalue weighted by Gasteiger charge is -2.36. The molecule has 5 amide bonds. The second-order valence-corrected chi connectivity index (χ2v) is 19.6. The largest absolute Gasteiger partial charge is 0.448 e. The van der Waals surface area contributed by atoms with Crippen LogP contribution in [-0.2, 0) is 32.0 Å². The Kier molecular flexibility index (Phi) is 16.1. The number of rotatable bonds is 17. The van der Waals surface area contributed by atoms with Gasteiger partial charge in [-0.3, -0.25) is 29.4 Å². The van der Waals surface area contributed by atoms with Crippen molar-refractivity contribution < 1.29 is 42.6 Å². The van der Waals surface area contributed by atoms with Gasteiger partial charge in [-0.1, -0.05) is 72.8 Å². The summed E-state index contributed by atoms with van der Waals surface area (Å²) in [5, 5.41) is 13.3. The lowest BCUT2D eigenvalue weighted by molar-refractivity contribution is -0.133. The van der Waals surface area contributed by atoms with Crippen LogP contribution in [0, 0.1) is 5.82 Å². The van der Waals surface area contributed by atoms with Crippen molar-refractivity contribution >= 4 is 46.4 Å². The molecule has 0 spiro atoms. The van der Waals surface area contributed by atoms with E-state index in [1.54, 1.807) is 68.4 Å². The Balaban J connectivity index is 0.825. The van der Waals surface area contributed by atoms with Crippen molar-refractivity contribution in [3.05, 3.63) is 166 Å². The Bertz CT molecular complexity index is 3360. The minimum Gasteiger partial charge on any atom is -0.448 e. The van der Waals surface area contributed by atoms with E-state index in [4.69, 9.17) is 14.2 Å². The number of halogens is 1. The topological polar surface area (TPSA) is 223 Å². The van der Waals surface area contributed by atoms with E-state index in [0.29, 0.717) is 39.8 Å². The standard InChI is InChI=1S/C57H59FN10O9/c1-5-65-32-49(61-35-65)37-30-48(62-55(73)77-57(2,3)4)51(60-31-37)53(71)59-20-26-75-27-25-68(56(74)76-34-45-40-14-8-6-12-38(40)39-13-7-9-15-41(39)45)33-50(69)66-21-23-67(24-22-66)54(72)44-28-36(18-19-46(44)58)29-47-42-16-10-11-17-43(42)52(70)64-63-47/h6-19,28,30-32,35,45H,5,20-27,29,33-34H2,1-4H3,(H,59,71)(H,62,73)(H,64,70). The molecule has 4 heterocycles. The number of nitrogens with one attached hydrogen (secondary N) is 3. The number of piperazine rings is 1. The third-order valence-electron chi connectivity index (χ3n) is 13.3. The van der Waals surface area contributed by atoms with Gasteiger partial charge in [-0.25, -0.2) is 29.0 Å². The van der Waals surface area contributed by atoms with Crippen LogP contribution in [-0.4, -0.2) is 141 Å². The number of nitrogens with zero attached hydrogens (tertiary/aromatic N) is 7. The molecule has 4 aromatic carbocycles. The van der Waals surface area contributed by atoms with Crippen LogP contribution < -0.4 is 16.2 Å². The SMILES string of the molecule is CCn1cnc(-c2cnc(C(=O)NCCOCCN(CC(=O)N3CCN(C(=O)c4cc(Cc5n[nH]c(=O)c6ccccc56)ccc4F)CC3)C(=O)OCC3c4ccccc4-c4ccccc43)c(NC(=O)OC(C)(C)C)c2)c1. The number of benzene rings is 4. The van der Waals surface area contributed by atoms with Gasteiger partial charge in [0.15, 0.2) is 5.69 Å². The minimum absolute atomic E-state index is 0.0139. The molecule has 7 aromatic rings. The molecule has 3 aromatic heterocycles. The van der Waals surface area contributed by atoms with Crippen LogP contribution in [0.25, 0.3) is 33.2 Å². The number of hydrogen-bond donors (Lipinski definition) is 3. The quantitative estimate of drug-likeness (QED) is 0.0767. The van der Waals surface area contributed by atoms with Crippen LogP contribution in [0.15, 0.2) is 121 Å². The van der Waals surface area contributed by atoms with Crippen LogP contribution in [0.4, 0.5) is 19.7 Å². The smallest absolute Gasteiger partial charge is 0.412 e.